The van der Waals surface area contributed by atoms with E-state index in [0.29, 0.717) is 12.3 Å². The third-order valence-electron chi connectivity index (χ3n) is 3.28. The topological polar surface area (TPSA) is 52.3 Å². The maximum Gasteiger partial charge on any atom is 0.307 e. The van der Waals surface area contributed by atoms with Crippen molar-refractivity contribution < 1.29 is 9.53 Å². The molecule has 0 radical (unpaired) electrons. The molecule has 0 aromatic carbocycles. The molecule has 0 spiro atoms. The molecule has 0 saturated heterocycles. The minimum Gasteiger partial charge on any atom is -0.469 e. The number of carbonyl (C=O) groups excluding carboxylic acids is 1. The first-order valence-corrected chi connectivity index (χ1v) is 5.45. The number of hydrogen-bond acceptors (Lipinski definition) is 3. The standard InChI is InChI=1S/C11H21NO2/c1-3-9-5-4-6-11(12,7-9)8-10(13)14-2/h9H,3-8,12H2,1-2H3. The van der Waals surface area contributed by atoms with Crippen LogP contribution in [0, 0.1) is 5.92 Å². The summed E-state index contributed by atoms with van der Waals surface area (Å²) in [4.78, 5) is 11.2. The molecule has 0 aliphatic heterocycles. The van der Waals surface area contributed by atoms with Gasteiger partial charge in [-0.05, 0) is 18.8 Å². The van der Waals surface area contributed by atoms with E-state index in [1.165, 1.54) is 20.0 Å². The first-order valence-electron chi connectivity index (χ1n) is 5.45. The van der Waals surface area contributed by atoms with E-state index in [1.807, 2.05) is 0 Å². The summed E-state index contributed by atoms with van der Waals surface area (Å²) in [5, 5.41) is 0. The number of rotatable bonds is 3. The summed E-state index contributed by atoms with van der Waals surface area (Å²) < 4.78 is 4.67. The first-order chi connectivity index (χ1) is 6.59. The van der Waals surface area contributed by atoms with Gasteiger partial charge < -0.3 is 10.5 Å². The maximum absolute atomic E-state index is 11.2. The van der Waals surface area contributed by atoms with Gasteiger partial charge in [-0.15, -0.1) is 0 Å². The molecule has 3 nitrogen and oxygen atoms in total. The Labute approximate surface area is 86.0 Å². The first kappa shape index (κ1) is 11.5. The number of methoxy groups -OCH3 is 1. The van der Waals surface area contributed by atoms with Gasteiger partial charge in [-0.2, -0.15) is 0 Å². The molecule has 2 unspecified atom stereocenters. The summed E-state index contributed by atoms with van der Waals surface area (Å²) in [5.41, 5.74) is 5.90. The summed E-state index contributed by atoms with van der Waals surface area (Å²) in [6.07, 6.45) is 5.87. The van der Waals surface area contributed by atoms with E-state index in [4.69, 9.17) is 5.73 Å². The highest BCUT2D eigenvalue weighted by molar-refractivity contribution is 5.70. The van der Waals surface area contributed by atoms with Gasteiger partial charge in [-0.25, -0.2) is 0 Å². The predicted molar refractivity (Wildman–Crippen MR) is 55.8 cm³/mol. The highest BCUT2D eigenvalue weighted by Crippen LogP contribution is 2.34. The number of ether oxygens (including phenoxy) is 1. The van der Waals surface area contributed by atoms with Crippen LogP contribution >= 0.6 is 0 Å². The number of hydrogen-bond donors (Lipinski definition) is 1. The van der Waals surface area contributed by atoms with Crippen LogP contribution in [0.25, 0.3) is 0 Å². The van der Waals surface area contributed by atoms with Crippen molar-refractivity contribution in [2.24, 2.45) is 11.7 Å². The highest BCUT2D eigenvalue weighted by atomic mass is 16.5. The van der Waals surface area contributed by atoms with Crippen molar-refractivity contribution in [3.05, 3.63) is 0 Å². The van der Waals surface area contributed by atoms with Crippen LogP contribution in [-0.4, -0.2) is 18.6 Å². The van der Waals surface area contributed by atoms with Gasteiger partial charge in [0.15, 0.2) is 0 Å². The fourth-order valence-corrected chi connectivity index (χ4v) is 2.39. The average molecular weight is 199 g/mol. The number of nitrogens with two attached hydrogens (primary N) is 1. The smallest absolute Gasteiger partial charge is 0.307 e. The van der Waals surface area contributed by atoms with Gasteiger partial charge in [0, 0.05) is 5.54 Å². The molecule has 1 fully saturated rings. The quantitative estimate of drug-likeness (QED) is 0.706. The summed E-state index contributed by atoms with van der Waals surface area (Å²) in [6, 6.07) is 0. The Kier molecular flexibility index (Phi) is 3.93. The number of esters is 1. The Morgan fingerprint density at radius 3 is 2.93 bits per heavy atom. The largest absolute Gasteiger partial charge is 0.469 e. The highest BCUT2D eigenvalue weighted by Gasteiger charge is 2.34. The Morgan fingerprint density at radius 1 is 1.64 bits per heavy atom. The van der Waals surface area contributed by atoms with Crippen LogP contribution in [0.4, 0.5) is 0 Å². The molecule has 14 heavy (non-hydrogen) atoms. The molecule has 2 atom stereocenters. The molecule has 3 heteroatoms. The molecule has 0 aromatic rings. The zero-order valence-corrected chi connectivity index (χ0v) is 9.21. The van der Waals surface area contributed by atoms with Crippen LogP contribution in [0.15, 0.2) is 0 Å². The van der Waals surface area contributed by atoms with Crippen LogP contribution in [0.1, 0.15) is 45.4 Å². The van der Waals surface area contributed by atoms with Crippen molar-refractivity contribution >= 4 is 5.97 Å². The lowest BCUT2D eigenvalue weighted by molar-refractivity contribution is -0.142. The predicted octanol–water partition coefficient (Wildman–Crippen LogP) is 1.85. The van der Waals surface area contributed by atoms with Gasteiger partial charge >= 0.3 is 5.97 Å². The van der Waals surface area contributed by atoms with Crippen molar-refractivity contribution in [1.29, 1.82) is 0 Å². The van der Waals surface area contributed by atoms with Crippen LogP contribution in [0.3, 0.4) is 0 Å². The minimum absolute atomic E-state index is 0.177. The molecule has 1 rings (SSSR count). The molecule has 1 aliphatic rings. The van der Waals surface area contributed by atoms with Gasteiger partial charge in [-0.3, -0.25) is 4.79 Å². The second-order valence-electron chi connectivity index (χ2n) is 4.49. The van der Waals surface area contributed by atoms with E-state index in [1.54, 1.807) is 0 Å². The lowest BCUT2D eigenvalue weighted by atomic mass is 9.74. The molecule has 0 heterocycles. The van der Waals surface area contributed by atoms with Crippen molar-refractivity contribution in [1.82, 2.24) is 0 Å². The van der Waals surface area contributed by atoms with E-state index in [2.05, 4.69) is 11.7 Å². The molecular formula is C11H21NO2. The second kappa shape index (κ2) is 4.78. The van der Waals surface area contributed by atoms with Gasteiger partial charge in [0.05, 0.1) is 13.5 Å². The Morgan fingerprint density at radius 2 is 2.36 bits per heavy atom. The van der Waals surface area contributed by atoms with Gasteiger partial charge in [0.1, 0.15) is 0 Å². The Bertz CT molecular complexity index is 205. The zero-order chi connectivity index (χ0) is 10.6. The maximum atomic E-state index is 11.2. The lowest BCUT2D eigenvalue weighted by Crippen LogP contribution is -2.46. The van der Waals surface area contributed by atoms with E-state index in [-0.39, 0.29) is 11.5 Å². The van der Waals surface area contributed by atoms with E-state index < -0.39 is 0 Å². The molecular weight excluding hydrogens is 178 g/mol. The zero-order valence-electron chi connectivity index (χ0n) is 9.21. The SMILES string of the molecule is CCC1CCCC(N)(CC(=O)OC)C1. The van der Waals surface area contributed by atoms with E-state index >= 15 is 0 Å². The fraction of sp³-hybridized carbons (Fsp3) is 0.909. The monoisotopic (exact) mass is 199 g/mol. The fourth-order valence-electron chi connectivity index (χ4n) is 2.39. The molecule has 2 N–H and O–H groups in total. The van der Waals surface area contributed by atoms with Crippen LogP contribution in [0.5, 0.6) is 0 Å². The third kappa shape index (κ3) is 2.98. The van der Waals surface area contributed by atoms with Gasteiger partial charge in [0.25, 0.3) is 0 Å². The number of carbonyl (C=O) groups is 1. The van der Waals surface area contributed by atoms with Crippen molar-refractivity contribution in [2.75, 3.05) is 7.11 Å². The van der Waals surface area contributed by atoms with Crippen molar-refractivity contribution in [3.8, 4) is 0 Å². The van der Waals surface area contributed by atoms with Crippen molar-refractivity contribution in [2.45, 2.75) is 51.0 Å². The average Bonchev–Trinajstić information content (AvgIpc) is 2.17. The normalized spacial score (nSPS) is 32.6. The van der Waals surface area contributed by atoms with E-state index in [9.17, 15) is 4.79 Å². The Balaban J connectivity index is 2.50. The Hall–Kier alpha value is -0.570. The molecule has 1 saturated carbocycles. The summed E-state index contributed by atoms with van der Waals surface area (Å²) in [5.74, 6) is 0.516. The summed E-state index contributed by atoms with van der Waals surface area (Å²) in [7, 11) is 1.42. The van der Waals surface area contributed by atoms with Crippen LogP contribution in [0.2, 0.25) is 0 Å². The third-order valence-corrected chi connectivity index (χ3v) is 3.28. The van der Waals surface area contributed by atoms with Crippen molar-refractivity contribution in [3.63, 3.8) is 0 Å². The molecule has 0 bridgehead atoms. The minimum atomic E-state index is -0.300. The molecule has 0 amide bonds. The van der Waals surface area contributed by atoms with E-state index in [0.717, 1.165) is 19.3 Å². The van der Waals surface area contributed by atoms with Crippen LogP contribution < -0.4 is 5.73 Å². The molecule has 0 aromatic heterocycles. The van der Waals surface area contributed by atoms with Crippen LogP contribution in [-0.2, 0) is 9.53 Å². The summed E-state index contributed by atoms with van der Waals surface area (Å²) in [6.45, 7) is 2.19. The molecule has 1 aliphatic carbocycles. The second-order valence-corrected chi connectivity index (χ2v) is 4.49. The van der Waals surface area contributed by atoms with Gasteiger partial charge in [-0.1, -0.05) is 26.2 Å². The molecule has 82 valence electrons. The summed E-state index contributed by atoms with van der Waals surface area (Å²) >= 11 is 0. The van der Waals surface area contributed by atoms with Gasteiger partial charge in [0.2, 0.25) is 0 Å². The lowest BCUT2D eigenvalue weighted by Gasteiger charge is -2.36.